The van der Waals surface area contributed by atoms with Gasteiger partial charge in [-0.25, -0.2) is 9.59 Å². The number of anilines is 1. The fourth-order valence-electron chi connectivity index (χ4n) is 3.69. The van der Waals surface area contributed by atoms with Gasteiger partial charge in [0.25, 0.3) is 0 Å². The fraction of sp³-hybridized carbons (Fsp3) is 0.438. The number of carbonyl (C=O) groups excluding carboxylic acids is 3. The molecule has 0 radical (unpaired) electrons. The molecule has 2 heterocycles. The standard InChI is InChI=1S/C16H18N2O6/c1-8(19)17-12-6-9(20)4-5-10(12)11-7-13(15(21)23-2)18(14(11)17)16(22)24-3/h4-6,11,13-14,20H,7H2,1-3H3. The van der Waals surface area contributed by atoms with Gasteiger partial charge in [-0.15, -0.1) is 0 Å². The van der Waals surface area contributed by atoms with Crippen LogP contribution in [0, 0.1) is 0 Å². The first kappa shape index (κ1) is 16.1. The summed E-state index contributed by atoms with van der Waals surface area (Å²) in [5.41, 5.74) is 1.34. The quantitative estimate of drug-likeness (QED) is 0.775. The minimum atomic E-state index is -0.832. The van der Waals surface area contributed by atoms with E-state index in [9.17, 15) is 19.5 Å². The van der Waals surface area contributed by atoms with Gasteiger partial charge in [-0.3, -0.25) is 14.6 Å². The van der Waals surface area contributed by atoms with E-state index in [1.54, 1.807) is 6.07 Å². The molecule has 1 aromatic rings. The van der Waals surface area contributed by atoms with Crippen LogP contribution in [-0.4, -0.2) is 54.4 Å². The number of phenolic OH excluding ortho intramolecular Hbond substituents is 1. The highest BCUT2D eigenvalue weighted by atomic mass is 16.5. The number of likely N-dealkylation sites (tertiary alicyclic amines) is 1. The topological polar surface area (TPSA) is 96.4 Å². The second-order valence-electron chi connectivity index (χ2n) is 5.80. The number of methoxy groups -OCH3 is 2. The Morgan fingerprint density at radius 3 is 2.50 bits per heavy atom. The minimum Gasteiger partial charge on any atom is -0.508 e. The van der Waals surface area contributed by atoms with Gasteiger partial charge in [0.05, 0.1) is 19.9 Å². The molecule has 0 aromatic heterocycles. The Morgan fingerprint density at radius 2 is 1.92 bits per heavy atom. The molecule has 0 saturated carbocycles. The first-order chi connectivity index (χ1) is 11.4. The number of benzene rings is 1. The van der Waals surface area contributed by atoms with E-state index in [-0.39, 0.29) is 17.6 Å². The maximum Gasteiger partial charge on any atom is 0.411 e. The zero-order chi connectivity index (χ0) is 17.6. The predicted molar refractivity (Wildman–Crippen MR) is 82.5 cm³/mol. The highest BCUT2D eigenvalue weighted by molar-refractivity contribution is 5.97. The van der Waals surface area contributed by atoms with Gasteiger partial charge in [-0.1, -0.05) is 6.07 Å². The molecular formula is C16H18N2O6. The van der Waals surface area contributed by atoms with Gasteiger partial charge in [0.1, 0.15) is 18.0 Å². The molecule has 3 unspecified atom stereocenters. The van der Waals surface area contributed by atoms with Crippen LogP contribution in [0.25, 0.3) is 0 Å². The van der Waals surface area contributed by atoms with Crippen molar-refractivity contribution in [3.8, 4) is 5.75 Å². The number of aromatic hydroxyl groups is 1. The number of fused-ring (bicyclic) bond motifs is 3. The third-order valence-corrected chi connectivity index (χ3v) is 4.59. The monoisotopic (exact) mass is 334 g/mol. The smallest absolute Gasteiger partial charge is 0.411 e. The SMILES string of the molecule is COC(=O)C1CC2c3ccc(O)cc3N(C(C)=O)C2N1C(=O)OC. The lowest BCUT2D eigenvalue weighted by Crippen LogP contribution is -2.53. The van der Waals surface area contributed by atoms with Crippen molar-refractivity contribution < 1.29 is 29.0 Å². The van der Waals surface area contributed by atoms with E-state index in [4.69, 9.17) is 9.47 Å². The molecule has 2 aliphatic heterocycles. The van der Waals surface area contributed by atoms with E-state index in [2.05, 4.69) is 0 Å². The lowest BCUT2D eigenvalue weighted by molar-refractivity contribution is -0.146. The fourth-order valence-corrected chi connectivity index (χ4v) is 3.69. The number of hydrogen-bond acceptors (Lipinski definition) is 6. The van der Waals surface area contributed by atoms with Crippen LogP contribution in [0.2, 0.25) is 0 Å². The van der Waals surface area contributed by atoms with E-state index in [1.165, 1.54) is 43.1 Å². The Morgan fingerprint density at radius 1 is 1.21 bits per heavy atom. The first-order valence-corrected chi connectivity index (χ1v) is 7.47. The summed E-state index contributed by atoms with van der Waals surface area (Å²) in [5, 5.41) is 9.74. The van der Waals surface area contributed by atoms with E-state index in [1.807, 2.05) is 0 Å². The van der Waals surface area contributed by atoms with Crippen LogP contribution in [0.1, 0.15) is 24.8 Å². The van der Waals surface area contributed by atoms with Crippen molar-refractivity contribution in [3.05, 3.63) is 23.8 Å². The van der Waals surface area contributed by atoms with E-state index in [0.717, 1.165) is 5.56 Å². The summed E-state index contributed by atoms with van der Waals surface area (Å²) in [6.45, 7) is 1.37. The van der Waals surface area contributed by atoms with Crippen molar-refractivity contribution in [1.29, 1.82) is 0 Å². The summed E-state index contributed by atoms with van der Waals surface area (Å²) in [6, 6.07) is 3.88. The Kier molecular flexibility index (Phi) is 3.82. The molecule has 0 aliphatic carbocycles. The lowest BCUT2D eigenvalue weighted by atomic mass is 9.96. The molecule has 8 nitrogen and oxygen atoms in total. The third kappa shape index (κ3) is 2.17. The Bertz CT molecular complexity index is 719. The molecule has 0 bridgehead atoms. The normalized spacial score (nSPS) is 24.4. The number of amides is 2. The third-order valence-electron chi connectivity index (χ3n) is 4.59. The van der Waals surface area contributed by atoms with Crippen molar-refractivity contribution >= 4 is 23.7 Å². The van der Waals surface area contributed by atoms with Gasteiger partial charge in [-0.05, 0) is 18.1 Å². The molecule has 3 atom stereocenters. The number of ether oxygens (including phenoxy) is 2. The number of nitrogens with zero attached hydrogens (tertiary/aromatic N) is 2. The Labute approximate surface area is 138 Å². The Hall–Kier alpha value is -2.77. The summed E-state index contributed by atoms with van der Waals surface area (Å²) in [5.74, 6) is -1.09. The molecule has 1 aromatic carbocycles. The van der Waals surface area contributed by atoms with E-state index in [0.29, 0.717) is 12.1 Å². The lowest BCUT2D eigenvalue weighted by Gasteiger charge is -2.33. The second-order valence-corrected chi connectivity index (χ2v) is 5.80. The molecular weight excluding hydrogens is 316 g/mol. The molecule has 1 N–H and O–H groups in total. The van der Waals surface area contributed by atoms with Crippen LogP contribution >= 0.6 is 0 Å². The number of rotatable bonds is 1. The molecule has 0 spiro atoms. The number of esters is 1. The van der Waals surface area contributed by atoms with Crippen LogP contribution in [-0.2, 0) is 19.1 Å². The van der Waals surface area contributed by atoms with Gasteiger partial charge >= 0.3 is 12.1 Å². The highest BCUT2D eigenvalue weighted by Gasteiger charge is 2.56. The van der Waals surface area contributed by atoms with Crippen LogP contribution < -0.4 is 4.90 Å². The first-order valence-electron chi connectivity index (χ1n) is 7.47. The number of phenols is 1. The van der Waals surface area contributed by atoms with Crippen molar-refractivity contribution in [2.45, 2.75) is 31.5 Å². The van der Waals surface area contributed by atoms with Crippen molar-refractivity contribution in [2.24, 2.45) is 0 Å². The summed E-state index contributed by atoms with van der Waals surface area (Å²) >= 11 is 0. The van der Waals surface area contributed by atoms with E-state index >= 15 is 0 Å². The largest absolute Gasteiger partial charge is 0.508 e. The summed E-state index contributed by atoms with van der Waals surface area (Å²) in [4.78, 5) is 39.3. The molecule has 128 valence electrons. The maximum absolute atomic E-state index is 12.3. The average Bonchev–Trinajstić information content (AvgIpc) is 3.06. The number of hydrogen-bond donors (Lipinski definition) is 1. The van der Waals surface area contributed by atoms with E-state index < -0.39 is 24.3 Å². The van der Waals surface area contributed by atoms with Crippen LogP contribution in [0.4, 0.5) is 10.5 Å². The molecule has 1 fully saturated rings. The van der Waals surface area contributed by atoms with Gasteiger partial charge in [0.15, 0.2) is 0 Å². The minimum absolute atomic E-state index is 0.0223. The molecule has 1 saturated heterocycles. The number of carbonyl (C=O) groups is 3. The van der Waals surface area contributed by atoms with Crippen molar-refractivity contribution in [3.63, 3.8) is 0 Å². The predicted octanol–water partition coefficient (Wildman–Crippen LogP) is 1.18. The van der Waals surface area contributed by atoms with Crippen LogP contribution in [0.15, 0.2) is 18.2 Å². The zero-order valence-electron chi connectivity index (χ0n) is 13.6. The summed E-state index contributed by atoms with van der Waals surface area (Å²) in [6.07, 6.45) is -1.08. The van der Waals surface area contributed by atoms with Crippen LogP contribution in [0.5, 0.6) is 5.75 Å². The van der Waals surface area contributed by atoms with Gasteiger partial charge in [0.2, 0.25) is 5.91 Å². The molecule has 8 heteroatoms. The molecule has 2 amide bonds. The Balaban J connectivity index is 2.12. The molecule has 3 rings (SSSR count). The van der Waals surface area contributed by atoms with Gasteiger partial charge in [-0.2, -0.15) is 0 Å². The average molecular weight is 334 g/mol. The highest BCUT2D eigenvalue weighted by Crippen LogP contribution is 2.51. The summed E-state index contributed by atoms with van der Waals surface area (Å²) < 4.78 is 9.61. The van der Waals surface area contributed by atoms with Crippen molar-refractivity contribution in [2.75, 3.05) is 19.1 Å². The van der Waals surface area contributed by atoms with Gasteiger partial charge < -0.3 is 14.6 Å². The maximum atomic E-state index is 12.3. The van der Waals surface area contributed by atoms with Crippen LogP contribution in [0.3, 0.4) is 0 Å². The zero-order valence-corrected chi connectivity index (χ0v) is 13.6. The summed E-state index contributed by atoms with van der Waals surface area (Å²) in [7, 11) is 2.47. The van der Waals surface area contributed by atoms with Gasteiger partial charge in [0, 0.05) is 18.9 Å². The van der Waals surface area contributed by atoms with Crippen molar-refractivity contribution in [1.82, 2.24) is 4.90 Å². The molecule has 2 aliphatic rings. The second kappa shape index (κ2) is 5.70. The molecule has 24 heavy (non-hydrogen) atoms.